The van der Waals surface area contributed by atoms with Gasteiger partial charge < -0.3 is 10.0 Å². The molecule has 0 aromatic carbocycles. The van der Waals surface area contributed by atoms with Crippen LogP contribution < -0.4 is 0 Å². The molecule has 1 heterocycles. The lowest BCUT2D eigenvalue weighted by Gasteiger charge is -2.48. The average molecular weight is 187 g/mol. The Bertz CT molecular complexity index is 189. The van der Waals surface area contributed by atoms with Crippen LogP contribution in [0.2, 0.25) is 0 Å². The largest absolute Gasteiger partial charge is 0.392 e. The summed E-state index contributed by atoms with van der Waals surface area (Å²) in [5.41, 5.74) is -1.05. The lowest BCUT2D eigenvalue weighted by atomic mass is 9.69. The van der Waals surface area contributed by atoms with Crippen molar-refractivity contribution >= 4 is 0 Å². The molecule has 13 heavy (non-hydrogen) atoms. The fourth-order valence-electron chi connectivity index (χ4n) is 3.02. The van der Waals surface area contributed by atoms with Crippen LogP contribution in [-0.4, -0.2) is 41.9 Å². The second-order valence-corrected chi connectivity index (χ2v) is 5.05. The summed E-state index contributed by atoms with van der Waals surface area (Å²) in [6, 6.07) is 0. The van der Waals surface area contributed by atoms with Gasteiger partial charge in [0.15, 0.2) is 0 Å². The molecule has 2 unspecified atom stereocenters. The van der Waals surface area contributed by atoms with Crippen LogP contribution in [0.1, 0.15) is 19.8 Å². The predicted molar refractivity (Wildman–Crippen MR) is 49.2 cm³/mol. The number of hydrogen-bond acceptors (Lipinski definition) is 2. The number of likely N-dealkylation sites (tertiary alicyclic amines) is 1. The summed E-state index contributed by atoms with van der Waals surface area (Å²) in [7, 11) is 2.05. The molecule has 3 heteroatoms. The Hall–Kier alpha value is -0.150. The molecule has 2 rings (SSSR count). The van der Waals surface area contributed by atoms with Gasteiger partial charge in [0, 0.05) is 24.9 Å². The molecule has 0 radical (unpaired) electrons. The van der Waals surface area contributed by atoms with Crippen LogP contribution in [0.25, 0.3) is 0 Å². The predicted octanol–water partition coefficient (Wildman–Crippen LogP) is 1.05. The number of alkyl halides is 1. The lowest BCUT2D eigenvalue weighted by molar-refractivity contribution is -0.0919. The molecule has 1 saturated heterocycles. The second-order valence-electron chi connectivity index (χ2n) is 5.05. The Labute approximate surface area is 78.7 Å². The van der Waals surface area contributed by atoms with Crippen molar-refractivity contribution in [3.05, 3.63) is 0 Å². The van der Waals surface area contributed by atoms with Crippen molar-refractivity contribution in [2.45, 2.75) is 31.5 Å². The lowest BCUT2D eigenvalue weighted by Crippen LogP contribution is -2.55. The molecule has 1 N–H and O–H groups in total. The quantitative estimate of drug-likeness (QED) is 0.612. The molecule has 2 aliphatic rings. The van der Waals surface area contributed by atoms with E-state index in [0.717, 1.165) is 13.1 Å². The smallest absolute Gasteiger partial charge is 0.109 e. The van der Waals surface area contributed by atoms with E-state index in [9.17, 15) is 9.50 Å². The van der Waals surface area contributed by atoms with Crippen molar-refractivity contribution in [3.8, 4) is 0 Å². The zero-order chi connectivity index (χ0) is 9.64. The van der Waals surface area contributed by atoms with Gasteiger partial charge in [0.2, 0.25) is 0 Å². The van der Waals surface area contributed by atoms with Gasteiger partial charge in [-0.15, -0.1) is 0 Å². The van der Waals surface area contributed by atoms with Gasteiger partial charge in [0.25, 0.3) is 0 Å². The van der Waals surface area contributed by atoms with E-state index in [1.165, 1.54) is 0 Å². The molecule has 0 aromatic heterocycles. The zero-order valence-electron chi connectivity index (χ0n) is 8.33. The molecule has 76 valence electrons. The van der Waals surface area contributed by atoms with Crippen LogP contribution in [0.3, 0.4) is 0 Å². The van der Waals surface area contributed by atoms with Crippen molar-refractivity contribution in [1.82, 2.24) is 4.90 Å². The summed E-state index contributed by atoms with van der Waals surface area (Å²) in [6.07, 6.45) is 0.782. The monoisotopic (exact) mass is 187 g/mol. The minimum Gasteiger partial charge on any atom is -0.392 e. The first-order chi connectivity index (χ1) is 5.98. The van der Waals surface area contributed by atoms with Crippen LogP contribution in [0.4, 0.5) is 4.39 Å². The van der Waals surface area contributed by atoms with Gasteiger partial charge in [0.1, 0.15) is 5.67 Å². The first-order valence-electron chi connectivity index (χ1n) is 5.03. The van der Waals surface area contributed by atoms with E-state index < -0.39 is 5.67 Å². The van der Waals surface area contributed by atoms with Gasteiger partial charge >= 0.3 is 0 Å². The van der Waals surface area contributed by atoms with E-state index in [0.29, 0.717) is 12.8 Å². The van der Waals surface area contributed by atoms with Gasteiger partial charge in [-0.3, -0.25) is 0 Å². The molecule has 0 spiro atoms. The maximum atomic E-state index is 13.8. The molecule has 0 amide bonds. The van der Waals surface area contributed by atoms with E-state index in [4.69, 9.17) is 0 Å². The number of rotatable bonds is 0. The molecule has 0 aromatic rings. The van der Waals surface area contributed by atoms with Gasteiger partial charge in [-0.25, -0.2) is 4.39 Å². The van der Waals surface area contributed by atoms with Crippen LogP contribution in [-0.2, 0) is 0 Å². The third-order valence-electron chi connectivity index (χ3n) is 3.43. The number of fused-ring (bicyclic) bond motifs is 2. The van der Waals surface area contributed by atoms with Crippen molar-refractivity contribution < 1.29 is 9.50 Å². The number of aliphatic hydroxyl groups excluding tert-OH is 1. The highest BCUT2D eigenvalue weighted by atomic mass is 19.1. The highest BCUT2D eigenvalue weighted by Crippen LogP contribution is 2.41. The summed E-state index contributed by atoms with van der Waals surface area (Å²) in [6.45, 7) is 3.36. The van der Waals surface area contributed by atoms with Gasteiger partial charge in [-0.2, -0.15) is 0 Å². The van der Waals surface area contributed by atoms with E-state index in [-0.39, 0.29) is 17.9 Å². The second kappa shape index (κ2) is 2.92. The first-order valence-corrected chi connectivity index (χ1v) is 5.03. The molecule has 1 aliphatic heterocycles. The Morgan fingerprint density at radius 2 is 1.77 bits per heavy atom. The van der Waals surface area contributed by atoms with Crippen LogP contribution in [0.5, 0.6) is 0 Å². The number of aliphatic hydroxyl groups is 1. The number of hydrogen-bond donors (Lipinski definition) is 1. The normalized spacial score (nSPS) is 52.2. The minimum absolute atomic E-state index is 0.146. The summed E-state index contributed by atoms with van der Waals surface area (Å²) >= 11 is 0. The number of halogens is 1. The molecule has 1 saturated carbocycles. The molecule has 2 nitrogen and oxygen atoms in total. The Balaban J connectivity index is 2.13. The van der Waals surface area contributed by atoms with Crippen LogP contribution >= 0.6 is 0 Å². The van der Waals surface area contributed by atoms with Crippen molar-refractivity contribution in [3.63, 3.8) is 0 Å². The Morgan fingerprint density at radius 1 is 1.31 bits per heavy atom. The van der Waals surface area contributed by atoms with Crippen LogP contribution in [0, 0.1) is 11.8 Å². The van der Waals surface area contributed by atoms with E-state index in [2.05, 4.69) is 4.90 Å². The zero-order valence-corrected chi connectivity index (χ0v) is 8.33. The van der Waals surface area contributed by atoms with E-state index in [1.54, 1.807) is 6.92 Å². The molecule has 2 fully saturated rings. The summed E-state index contributed by atoms with van der Waals surface area (Å²) in [5, 5.41) is 9.85. The fraction of sp³-hybridized carbons (Fsp3) is 1.00. The third kappa shape index (κ3) is 1.72. The highest BCUT2D eigenvalue weighted by molar-refractivity contribution is 4.97. The van der Waals surface area contributed by atoms with E-state index in [1.807, 2.05) is 7.05 Å². The molecule has 1 aliphatic carbocycles. The Morgan fingerprint density at radius 3 is 2.23 bits per heavy atom. The molecular weight excluding hydrogens is 169 g/mol. The molecule has 2 bridgehead atoms. The van der Waals surface area contributed by atoms with E-state index >= 15 is 0 Å². The summed E-state index contributed by atoms with van der Waals surface area (Å²) < 4.78 is 13.8. The maximum absolute atomic E-state index is 13.8. The Kier molecular flexibility index (Phi) is 2.11. The van der Waals surface area contributed by atoms with Gasteiger partial charge in [0.05, 0.1) is 6.10 Å². The average Bonchev–Trinajstić information content (AvgIpc) is 1.94. The number of nitrogens with zero attached hydrogens (tertiary/aromatic N) is 1. The highest BCUT2D eigenvalue weighted by Gasteiger charge is 2.46. The molecule has 2 atom stereocenters. The summed E-state index contributed by atoms with van der Waals surface area (Å²) in [5.74, 6) is 0.292. The van der Waals surface area contributed by atoms with Crippen LogP contribution in [0.15, 0.2) is 0 Å². The van der Waals surface area contributed by atoms with Crippen molar-refractivity contribution in [1.29, 1.82) is 0 Å². The SMILES string of the molecule is CN1CC2CC(C)(F)CC(C1)C2O. The summed E-state index contributed by atoms with van der Waals surface area (Å²) in [4.78, 5) is 2.21. The van der Waals surface area contributed by atoms with Crippen molar-refractivity contribution in [2.75, 3.05) is 20.1 Å². The maximum Gasteiger partial charge on any atom is 0.109 e. The third-order valence-corrected chi connectivity index (χ3v) is 3.43. The fourth-order valence-corrected chi connectivity index (χ4v) is 3.02. The van der Waals surface area contributed by atoms with Crippen molar-refractivity contribution in [2.24, 2.45) is 11.8 Å². The standard InChI is InChI=1S/C10H18FNO/c1-10(11)3-7-5-12(2)6-8(4-10)9(7)13/h7-9,13H,3-6H2,1-2H3. The number of piperidine rings is 1. The van der Waals surface area contributed by atoms with Gasteiger partial charge in [-0.05, 0) is 26.8 Å². The first kappa shape index (κ1) is 9.41. The molecular formula is C10H18FNO. The topological polar surface area (TPSA) is 23.5 Å². The minimum atomic E-state index is -1.05. The van der Waals surface area contributed by atoms with Gasteiger partial charge in [-0.1, -0.05) is 0 Å².